The Hall–Kier alpha value is -0.590. The Morgan fingerprint density at radius 3 is 2.78 bits per heavy atom. The second-order valence-corrected chi connectivity index (χ2v) is 6.65. The van der Waals surface area contributed by atoms with Gasteiger partial charge in [0.2, 0.25) is 5.89 Å². The first kappa shape index (κ1) is 20.5. The Bertz CT molecular complexity index is 539. The van der Waals surface area contributed by atoms with Crippen molar-refractivity contribution in [3.05, 3.63) is 29.6 Å². The zero-order valence-electron chi connectivity index (χ0n) is 13.4. The molecule has 1 aliphatic rings. The molecule has 0 aromatic carbocycles. The van der Waals surface area contributed by atoms with Gasteiger partial charge in [-0.05, 0) is 63.3 Å². The maximum atomic E-state index is 5.87. The Labute approximate surface area is 154 Å². The van der Waals surface area contributed by atoms with Crippen molar-refractivity contribution in [1.82, 2.24) is 15.2 Å². The Kier molecular flexibility index (Phi) is 9.17. The summed E-state index contributed by atoms with van der Waals surface area (Å²) < 4.78 is 5.87. The highest BCUT2D eigenvalue weighted by Crippen LogP contribution is 2.26. The zero-order valence-corrected chi connectivity index (χ0v) is 15.8. The van der Waals surface area contributed by atoms with Gasteiger partial charge in [0.25, 0.3) is 0 Å². The summed E-state index contributed by atoms with van der Waals surface area (Å²) in [5.41, 5.74) is 0. The van der Waals surface area contributed by atoms with Crippen molar-refractivity contribution in [2.75, 3.05) is 26.7 Å². The van der Waals surface area contributed by atoms with Crippen molar-refractivity contribution in [2.45, 2.75) is 25.8 Å². The molecule has 0 bridgehead atoms. The molecular weight excluding hydrogens is 353 g/mol. The maximum Gasteiger partial charge on any atom is 0.209 e. The Balaban J connectivity index is 0.00000132. The van der Waals surface area contributed by atoms with E-state index in [9.17, 15) is 0 Å². The molecule has 3 rings (SSSR count). The lowest BCUT2D eigenvalue weighted by Crippen LogP contribution is -2.34. The van der Waals surface area contributed by atoms with Crippen LogP contribution >= 0.6 is 36.2 Å². The van der Waals surface area contributed by atoms with Gasteiger partial charge in [0, 0.05) is 0 Å². The molecule has 0 unspecified atom stereocenters. The molecule has 0 amide bonds. The van der Waals surface area contributed by atoms with Gasteiger partial charge in [-0.3, -0.25) is 4.90 Å². The van der Waals surface area contributed by atoms with Gasteiger partial charge in [-0.15, -0.1) is 36.2 Å². The lowest BCUT2D eigenvalue weighted by atomic mass is 9.93. The molecule has 0 atom stereocenters. The molecule has 23 heavy (non-hydrogen) atoms. The van der Waals surface area contributed by atoms with Crippen molar-refractivity contribution >= 4 is 36.2 Å². The number of thiophene rings is 1. The van der Waals surface area contributed by atoms with Crippen LogP contribution in [0.2, 0.25) is 0 Å². The number of piperidine rings is 1. The van der Waals surface area contributed by atoms with Crippen LogP contribution < -0.4 is 5.32 Å². The molecule has 4 nitrogen and oxygen atoms in total. The second-order valence-electron chi connectivity index (χ2n) is 5.71. The van der Waals surface area contributed by atoms with Crippen molar-refractivity contribution in [2.24, 2.45) is 5.92 Å². The quantitative estimate of drug-likeness (QED) is 0.823. The van der Waals surface area contributed by atoms with Gasteiger partial charge >= 0.3 is 0 Å². The van der Waals surface area contributed by atoms with Gasteiger partial charge in [-0.2, -0.15) is 0 Å². The van der Waals surface area contributed by atoms with Crippen LogP contribution in [0, 0.1) is 5.92 Å². The number of likely N-dealkylation sites (tertiary alicyclic amines) is 1. The lowest BCUT2D eigenvalue weighted by Gasteiger charge is -2.31. The van der Waals surface area contributed by atoms with E-state index in [-0.39, 0.29) is 24.8 Å². The number of halogens is 2. The fourth-order valence-corrected chi connectivity index (χ4v) is 3.56. The molecule has 0 spiro atoms. The predicted octanol–water partition coefficient (Wildman–Crippen LogP) is 4.07. The van der Waals surface area contributed by atoms with E-state index < -0.39 is 0 Å². The van der Waals surface area contributed by atoms with Crippen LogP contribution in [0.25, 0.3) is 10.6 Å². The van der Waals surface area contributed by atoms with Crippen LogP contribution in [0.1, 0.15) is 25.2 Å². The van der Waals surface area contributed by atoms with Gasteiger partial charge in [0.15, 0.2) is 5.76 Å². The summed E-state index contributed by atoms with van der Waals surface area (Å²) in [5.74, 6) is 2.61. The minimum absolute atomic E-state index is 0. The first-order valence-corrected chi connectivity index (χ1v) is 8.58. The summed E-state index contributed by atoms with van der Waals surface area (Å²) in [6.07, 6.45) is 5.73. The average Bonchev–Trinajstić information content (AvgIpc) is 3.17. The first-order chi connectivity index (χ1) is 10.3. The third-order valence-corrected chi connectivity index (χ3v) is 5.07. The lowest BCUT2D eigenvalue weighted by molar-refractivity contribution is 0.160. The molecule has 3 heterocycles. The molecule has 1 aliphatic heterocycles. The van der Waals surface area contributed by atoms with Gasteiger partial charge in [0.05, 0.1) is 17.6 Å². The molecular formula is C16H25Cl2N3OS. The summed E-state index contributed by atoms with van der Waals surface area (Å²) in [6.45, 7) is 4.29. The number of aromatic nitrogens is 1. The number of oxazole rings is 1. The molecule has 1 fully saturated rings. The highest BCUT2D eigenvalue weighted by Gasteiger charge is 2.20. The van der Waals surface area contributed by atoms with E-state index in [1.54, 1.807) is 11.3 Å². The molecule has 2 aromatic rings. The van der Waals surface area contributed by atoms with Crippen molar-refractivity contribution in [3.63, 3.8) is 0 Å². The normalized spacial score (nSPS) is 15.9. The van der Waals surface area contributed by atoms with Crippen molar-refractivity contribution in [1.29, 1.82) is 0 Å². The van der Waals surface area contributed by atoms with E-state index in [4.69, 9.17) is 4.42 Å². The monoisotopic (exact) mass is 377 g/mol. The molecule has 1 N–H and O–H groups in total. The van der Waals surface area contributed by atoms with E-state index in [0.29, 0.717) is 0 Å². The van der Waals surface area contributed by atoms with E-state index in [2.05, 4.69) is 26.6 Å². The van der Waals surface area contributed by atoms with Crippen LogP contribution in [0.5, 0.6) is 0 Å². The summed E-state index contributed by atoms with van der Waals surface area (Å²) in [5, 5.41) is 5.31. The smallest absolute Gasteiger partial charge is 0.209 e. The topological polar surface area (TPSA) is 41.3 Å². The number of hydrogen-bond acceptors (Lipinski definition) is 5. The third-order valence-electron chi connectivity index (χ3n) is 4.19. The van der Waals surface area contributed by atoms with Gasteiger partial charge < -0.3 is 9.73 Å². The SMILES string of the molecule is CNCCC1CCN(Cc2ncc(-c3cccs3)o2)CC1.Cl.Cl. The van der Waals surface area contributed by atoms with E-state index in [0.717, 1.165) is 48.6 Å². The maximum absolute atomic E-state index is 5.87. The highest BCUT2D eigenvalue weighted by atomic mass is 35.5. The summed E-state index contributed by atoms with van der Waals surface area (Å²) >= 11 is 1.69. The fraction of sp³-hybridized carbons (Fsp3) is 0.562. The molecule has 1 saturated heterocycles. The van der Waals surface area contributed by atoms with E-state index in [1.165, 1.54) is 19.3 Å². The van der Waals surface area contributed by atoms with Crippen molar-refractivity contribution in [3.8, 4) is 10.6 Å². The van der Waals surface area contributed by atoms with E-state index >= 15 is 0 Å². The fourth-order valence-electron chi connectivity index (χ4n) is 2.89. The van der Waals surface area contributed by atoms with Crippen LogP contribution in [-0.2, 0) is 6.54 Å². The average molecular weight is 378 g/mol. The molecule has 7 heteroatoms. The first-order valence-electron chi connectivity index (χ1n) is 7.70. The molecule has 0 radical (unpaired) electrons. The molecule has 0 aliphatic carbocycles. The minimum atomic E-state index is 0. The summed E-state index contributed by atoms with van der Waals surface area (Å²) in [7, 11) is 2.03. The number of hydrogen-bond donors (Lipinski definition) is 1. The predicted molar refractivity (Wildman–Crippen MR) is 101 cm³/mol. The third kappa shape index (κ3) is 5.76. The number of rotatable bonds is 6. The van der Waals surface area contributed by atoms with Gasteiger partial charge in [-0.1, -0.05) is 6.07 Å². The van der Waals surface area contributed by atoms with E-state index in [1.807, 2.05) is 19.3 Å². The second kappa shape index (κ2) is 10.3. The highest BCUT2D eigenvalue weighted by molar-refractivity contribution is 7.13. The van der Waals surface area contributed by atoms with Crippen molar-refractivity contribution < 1.29 is 4.42 Å². The van der Waals surface area contributed by atoms with Gasteiger partial charge in [0.1, 0.15) is 0 Å². The number of nitrogens with one attached hydrogen (secondary N) is 1. The summed E-state index contributed by atoms with van der Waals surface area (Å²) in [4.78, 5) is 8.03. The molecule has 130 valence electrons. The van der Waals surface area contributed by atoms with Crippen LogP contribution in [-0.4, -0.2) is 36.6 Å². The van der Waals surface area contributed by atoms with Crippen LogP contribution in [0.3, 0.4) is 0 Å². The Morgan fingerprint density at radius 1 is 1.35 bits per heavy atom. The number of nitrogens with zero attached hydrogens (tertiary/aromatic N) is 2. The minimum Gasteiger partial charge on any atom is -0.438 e. The zero-order chi connectivity index (χ0) is 14.5. The van der Waals surface area contributed by atoms with Crippen LogP contribution in [0.15, 0.2) is 28.1 Å². The Morgan fingerprint density at radius 2 is 2.13 bits per heavy atom. The molecule has 2 aromatic heterocycles. The largest absolute Gasteiger partial charge is 0.438 e. The molecule has 0 saturated carbocycles. The summed E-state index contributed by atoms with van der Waals surface area (Å²) in [6, 6.07) is 4.11. The van der Waals surface area contributed by atoms with Gasteiger partial charge in [-0.25, -0.2) is 4.98 Å². The standard InChI is InChI=1S/C16H23N3OS.2ClH/c1-17-7-4-13-5-8-19(9-6-13)12-16-18-11-14(20-16)15-3-2-10-21-15;;/h2-3,10-11,13,17H,4-9,12H2,1H3;2*1H. The van der Waals surface area contributed by atoms with Crippen LogP contribution in [0.4, 0.5) is 0 Å².